The van der Waals surface area contributed by atoms with Gasteiger partial charge < -0.3 is 0 Å². The quantitative estimate of drug-likeness (QED) is 0.493. The van der Waals surface area contributed by atoms with E-state index in [1.54, 1.807) is 24.6 Å². The van der Waals surface area contributed by atoms with Crippen molar-refractivity contribution in [2.75, 3.05) is 4.72 Å². The topological polar surface area (TPSA) is 81.8 Å². The van der Waals surface area contributed by atoms with E-state index in [0.717, 1.165) is 22.6 Å². The van der Waals surface area contributed by atoms with Gasteiger partial charge in [-0.3, -0.25) is 9.40 Å². The first-order valence-electron chi connectivity index (χ1n) is 9.99. The lowest BCUT2D eigenvalue weighted by atomic mass is 10.2. The number of hydrogen-bond acceptors (Lipinski definition) is 4. The number of aromatic nitrogens is 4. The van der Waals surface area contributed by atoms with Crippen molar-refractivity contribution < 1.29 is 8.42 Å². The lowest BCUT2D eigenvalue weighted by Crippen LogP contribution is -2.15. The molecular formula is C23H25N5O2S. The molecular weight excluding hydrogens is 410 g/mol. The smallest absolute Gasteiger partial charge is 0.265 e. The molecule has 7 nitrogen and oxygen atoms in total. The predicted molar refractivity (Wildman–Crippen MR) is 121 cm³/mol. The summed E-state index contributed by atoms with van der Waals surface area (Å²) in [6.07, 6.45) is 0. The SMILES string of the molecule is Cc1cc(C)n(Cc2cccc(NS(=O)(=O)c3c(C)nn(-c4ccccc4)c3C)c2)n1. The first kappa shape index (κ1) is 20.9. The fraction of sp³-hybridized carbons (Fsp3) is 0.217. The first-order valence-corrected chi connectivity index (χ1v) is 11.5. The second-order valence-corrected chi connectivity index (χ2v) is 9.26. The summed E-state index contributed by atoms with van der Waals surface area (Å²) in [5, 5.41) is 8.94. The minimum Gasteiger partial charge on any atom is -0.280 e. The van der Waals surface area contributed by atoms with Gasteiger partial charge in [0.05, 0.1) is 29.3 Å². The van der Waals surface area contributed by atoms with Crippen LogP contribution in [0, 0.1) is 27.7 Å². The molecule has 0 saturated carbocycles. The molecule has 0 bridgehead atoms. The average molecular weight is 436 g/mol. The van der Waals surface area contributed by atoms with E-state index in [4.69, 9.17) is 0 Å². The predicted octanol–water partition coefficient (Wildman–Crippen LogP) is 4.15. The van der Waals surface area contributed by atoms with Crippen LogP contribution in [-0.2, 0) is 16.6 Å². The highest BCUT2D eigenvalue weighted by Gasteiger charge is 2.25. The molecule has 160 valence electrons. The average Bonchev–Trinajstić information content (AvgIpc) is 3.19. The molecule has 2 aromatic heterocycles. The van der Waals surface area contributed by atoms with Gasteiger partial charge in [-0.15, -0.1) is 0 Å². The van der Waals surface area contributed by atoms with Gasteiger partial charge in [0, 0.05) is 11.4 Å². The fourth-order valence-corrected chi connectivity index (χ4v) is 5.23. The fourth-order valence-electron chi connectivity index (χ4n) is 3.79. The molecule has 0 spiro atoms. The zero-order valence-corrected chi connectivity index (χ0v) is 18.8. The van der Waals surface area contributed by atoms with Crippen molar-refractivity contribution in [2.24, 2.45) is 0 Å². The molecule has 2 heterocycles. The molecule has 0 amide bonds. The Bertz CT molecular complexity index is 1340. The lowest BCUT2D eigenvalue weighted by molar-refractivity contribution is 0.600. The lowest BCUT2D eigenvalue weighted by Gasteiger charge is -2.11. The number of hydrogen-bond donors (Lipinski definition) is 1. The summed E-state index contributed by atoms with van der Waals surface area (Å²) in [6, 6.07) is 18.9. The molecule has 2 aromatic carbocycles. The van der Waals surface area contributed by atoms with Crippen molar-refractivity contribution in [1.82, 2.24) is 19.6 Å². The van der Waals surface area contributed by atoms with Gasteiger partial charge in [0.15, 0.2) is 0 Å². The highest BCUT2D eigenvalue weighted by molar-refractivity contribution is 7.92. The Morgan fingerprint density at radius 3 is 2.32 bits per heavy atom. The van der Waals surface area contributed by atoms with E-state index in [1.807, 2.05) is 73.1 Å². The van der Waals surface area contributed by atoms with Crippen molar-refractivity contribution in [3.63, 3.8) is 0 Å². The van der Waals surface area contributed by atoms with Crippen molar-refractivity contribution in [1.29, 1.82) is 0 Å². The van der Waals surface area contributed by atoms with E-state index >= 15 is 0 Å². The molecule has 0 aliphatic heterocycles. The summed E-state index contributed by atoms with van der Waals surface area (Å²) in [6.45, 7) is 8.00. The van der Waals surface area contributed by atoms with E-state index < -0.39 is 10.0 Å². The van der Waals surface area contributed by atoms with Crippen LogP contribution < -0.4 is 4.72 Å². The number of anilines is 1. The van der Waals surface area contributed by atoms with Crippen molar-refractivity contribution >= 4 is 15.7 Å². The van der Waals surface area contributed by atoms with Crippen LogP contribution in [-0.4, -0.2) is 28.0 Å². The van der Waals surface area contributed by atoms with Gasteiger partial charge in [0.25, 0.3) is 10.0 Å². The second-order valence-electron chi connectivity index (χ2n) is 7.64. The maximum absolute atomic E-state index is 13.2. The van der Waals surface area contributed by atoms with E-state index in [2.05, 4.69) is 14.9 Å². The van der Waals surface area contributed by atoms with Crippen LogP contribution >= 0.6 is 0 Å². The van der Waals surface area contributed by atoms with Crippen molar-refractivity contribution in [3.05, 3.63) is 89.0 Å². The summed E-state index contributed by atoms with van der Waals surface area (Å²) < 4.78 is 32.7. The first-order chi connectivity index (χ1) is 14.7. The Hall–Kier alpha value is -3.39. The summed E-state index contributed by atoms with van der Waals surface area (Å²) in [5.41, 5.74) is 5.31. The number of aryl methyl sites for hydroxylation is 3. The van der Waals surface area contributed by atoms with Gasteiger partial charge in [-0.2, -0.15) is 10.2 Å². The van der Waals surface area contributed by atoms with Gasteiger partial charge in [0.1, 0.15) is 4.90 Å². The maximum Gasteiger partial charge on any atom is 0.265 e. The molecule has 0 atom stereocenters. The van der Waals surface area contributed by atoms with Crippen LogP contribution in [0.5, 0.6) is 0 Å². The Balaban J connectivity index is 1.63. The highest BCUT2D eigenvalue weighted by Crippen LogP contribution is 2.25. The Kier molecular flexibility index (Phi) is 5.41. The van der Waals surface area contributed by atoms with Gasteiger partial charge in [-0.05, 0) is 63.6 Å². The second kappa shape index (κ2) is 8.03. The number of sulfonamides is 1. The molecule has 0 aliphatic rings. The molecule has 8 heteroatoms. The van der Waals surface area contributed by atoms with Gasteiger partial charge >= 0.3 is 0 Å². The number of benzene rings is 2. The third-order valence-corrected chi connectivity index (χ3v) is 6.74. The largest absolute Gasteiger partial charge is 0.280 e. The Morgan fingerprint density at radius 2 is 1.65 bits per heavy atom. The van der Waals surface area contributed by atoms with E-state index in [9.17, 15) is 8.42 Å². The maximum atomic E-state index is 13.2. The van der Waals surface area contributed by atoms with Gasteiger partial charge in [-0.25, -0.2) is 13.1 Å². The summed E-state index contributed by atoms with van der Waals surface area (Å²) >= 11 is 0. The third kappa shape index (κ3) is 4.25. The normalized spacial score (nSPS) is 11.6. The van der Waals surface area contributed by atoms with Crippen LogP contribution in [0.1, 0.15) is 28.3 Å². The number of nitrogens with zero attached hydrogens (tertiary/aromatic N) is 4. The van der Waals surface area contributed by atoms with Crippen LogP contribution in [0.25, 0.3) is 5.69 Å². The van der Waals surface area contributed by atoms with E-state index in [0.29, 0.717) is 23.6 Å². The summed E-state index contributed by atoms with van der Waals surface area (Å²) in [5.74, 6) is 0. The standard InChI is InChI=1S/C23H25N5O2S/c1-16-13-17(2)27(24-16)15-20-9-8-10-21(14-20)26-31(29,30)23-18(3)25-28(19(23)4)22-11-6-5-7-12-22/h5-14,26H,15H2,1-4H3. The molecule has 31 heavy (non-hydrogen) atoms. The minimum absolute atomic E-state index is 0.195. The molecule has 0 aliphatic carbocycles. The molecule has 0 radical (unpaired) electrons. The van der Waals surface area contributed by atoms with Crippen LogP contribution in [0.3, 0.4) is 0 Å². The van der Waals surface area contributed by atoms with Crippen LogP contribution in [0.2, 0.25) is 0 Å². The number of nitrogens with one attached hydrogen (secondary N) is 1. The Morgan fingerprint density at radius 1 is 0.903 bits per heavy atom. The number of rotatable bonds is 6. The molecule has 1 N–H and O–H groups in total. The highest BCUT2D eigenvalue weighted by atomic mass is 32.2. The third-order valence-electron chi connectivity index (χ3n) is 5.11. The zero-order valence-electron chi connectivity index (χ0n) is 18.0. The molecule has 4 aromatic rings. The van der Waals surface area contributed by atoms with E-state index in [-0.39, 0.29) is 4.90 Å². The molecule has 0 fully saturated rings. The molecule has 4 rings (SSSR count). The molecule has 0 saturated heterocycles. The van der Waals surface area contributed by atoms with Crippen molar-refractivity contribution in [2.45, 2.75) is 39.1 Å². The van der Waals surface area contributed by atoms with Gasteiger partial charge in [0.2, 0.25) is 0 Å². The van der Waals surface area contributed by atoms with E-state index in [1.165, 1.54) is 0 Å². The van der Waals surface area contributed by atoms with Crippen molar-refractivity contribution in [3.8, 4) is 5.69 Å². The summed E-state index contributed by atoms with van der Waals surface area (Å²) in [4.78, 5) is 0.195. The minimum atomic E-state index is -3.81. The van der Waals surface area contributed by atoms with Crippen LogP contribution in [0.4, 0.5) is 5.69 Å². The Labute approximate surface area is 182 Å². The van der Waals surface area contributed by atoms with Crippen LogP contribution in [0.15, 0.2) is 65.6 Å². The zero-order chi connectivity index (χ0) is 22.2. The monoisotopic (exact) mass is 435 g/mol. The summed E-state index contributed by atoms with van der Waals surface area (Å²) in [7, 11) is -3.81. The van der Waals surface area contributed by atoms with Gasteiger partial charge in [-0.1, -0.05) is 30.3 Å². The molecule has 0 unspecified atom stereocenters. The number of para-hydroxylation sites is 1.